The fraction of sp³-hybridized carbons (Fsp3) is 0.227. The molecule has 0 saturated carbocycles. The molecule has 3 aromatic rings. The van der Waals surface area contributed by atoms with Gasteiger partial charge in [0.15, 0.2) is 5.78 Å². The van der Waals surface area contributed by atoms with E-state index < -0.39 is 0 Å². The highest BCUT2D eigenvalue weighted by atomic mass is 32.1. The molecule has 0 saturated heterocycles. The predicted molar refractivity (Wildman–Crippen MR) is 104 cm³/mol. The van der Waals surface area contributed by atoms with Crippen LogP contribution in [-0.4, -0.2) is 5.78 Å². The SMILES string of the molecule is Cc1ccsc1[C@H]1C2=C(CCCC2=O)Nc2ccc3ccccc3c21. The van der Waals surface area contributed by atoms with Crippen molar-refractivity contribution >= 4 is 33.6 Å². The molecular weight excluding hydrogens is 326 g/mol. The summed E-state index contributed by atoms with van der Waals surface area (Å²) < 4.78 is 0. The molecule has 1 atom stereocenters. The summed E-state index contributed by atoms with van der Waals surface area (Å²) >= 11 is 1.77. The molecule has 0 bridgehead atoms. The van der Waals surface area contributed by atoms with Crippen molar-refractivity contribution < 1.29 is 4.79 Å². The van der Waals surface area contributed by atoms with Gasteiger partial charge < -0.3 is 5.32 Å². The molecule has 0 fully saturated rings. The number of ketones is 1. The number of anilines is 1. The summed E-state index contributed by atoms with van der Waals surface area (Å²) in [7, 11) is 0. The van der Waals surface area contributed by atoms with Gasteiger partial charge in [0.25, 0.3) is 0 Å². The molecule has 2 nitrogen and oxygen atoms in total. The normalized spacial score (nSPS) is 19.6. The number of rotatable bonds is 1. The number of hydrogen-bond acceptors (Lipinski definition) is 3. The van der Waals surface area contributed by atoms with Gasteiger partial charge in [-0.05, 0) is 59.2 Å². The van der Waals surface area contributed by atoms with Gasteiger partial charge in [-0.1, -0.05) is 30.3 Å². The van der Waals surface area contributed by atoms with Crippen LogP contribution in [0.4, 0.5) is 5.69 Å². The van der Waals surface area contributed by atoms with Crippen molar-refractivity contribution in [3.05, 3.63) is 75.1 Å². The van der Waals surface area contributed by atoms with Crippen LogP contribution in [-0.2, 0) is 4.79 Å². The Morgan fingerprint density at radius 2 is 1.96 bits per heavy atom. The lowest BCUT2D eigenvalue weighted by Crippen LogP contribution is -2.27. The van der Waals surface area contributed by atoms with Gasteiger partial charge in [0.05, 0.1) is 5.92 Å². The Bertz CT molecular complexity index is 1040. The zero-order valence-electron chi connectivity index (χ0n) is 14.1. The molecule has 2 aliphatic rings. The zero-order chi connectivity index (χ0) is 17.0. The quantitative estimate of drug-likeness (QED) is 0.606. The summed E-state index contributed by atoms with van der Waals surface area (Å²) in [5, 5.41) is 8.22. The molecule has 1 aliphatic carbocycles. The predicted octanol–water partition coefficient (Wildman–Crippen LogP) is 5.77. The molecule has 0 amide bonds. The average Bonchev–Trinajstić information content (AvgIpc) is 3.05. The van der Waals surface area contributed by atoms with E-state index in [9.17, 15) is 4.79 Å². The molecule has 3 heteroatoms. The Kier molecular flexibility index (Phi) is 3.32. The van der Waals surface area contributed by atoms with Crippen molar-refractivity contribution in [1.82, 2.24) is 0 Å². The van der Waals surface area contributed by atoms with Crippen LogP contribution in [0, 0.1) is 6.92 Å². The minimum absolute atomic E-state index is 0.0603. The highest BCUT2D eigenvalue weighted by Crippen LogP contribution is 2.49. The second-order valence-corrected chi connectivity index (χ2v) is 7.89. The van der Waals surface area contributed by atoms with Crippen molar-refractivity contribution in [2.24, 2.45) is 0 Å². The Hall–Kier alpha value is -2.39. The summed E-state index contributed by atoms with van der Waals surface area (Å²) in [5.74, 6) is 0.371. The first-order valence-electron chi connectivity index (χ1n) is 8.83. The van der Waals surface area contributed by atoms with E-state index in [0.29, 0.717) is 12.2 Å². The number of carbonyl (C=O) groups is 1. The standard InChI is InChI=1S/C22H19NOS/c1-13-11-12-25-22(13)21-19-15-6-3-2-5-14(15)9-10-17(19)23-16-7-4-8-18(24)20(16)21/h2-3,5-6,9-12,21,23H,4,7-8H2,1H3/t21-/m1/s1. The number of Topliss-reactive ketones (excluding diaryl/α,β-unsaturated/α-hetero) is 1. The van der Waals surface area contributed by atoms with E-state index in [1.54, 1.807) is 11.3 Å². The molecule has 0 spiro atoms. The van der Waals surface area contributed by atoms with E-state index in [1.165, 1.54) is 26.8 Å². The first-order valence-corrected chi connectivity index (χ1v) is 9.71. The van der Waals surface area contributed by atoms with Crippen molar-refractivity contribution in [2.75, 3.05) is 5.32 Å². The van der Waals surface area contributed by atoms with E-state index in [0.717, 1.165) is 29.8 Å². The minimum atomic E-state index is 0.0603. The maximum absolute atomic E-state index is 12.9. The first-order chi connectivity index (χ1) is 12.2. The third-order valence-electron chi connectivity index (χ3n) is 5.45. The number of aryl methyl sites for hydroxylation is 1. The number of nitrogens with one attached hydrogen (secondary N) is 1. The van der Waals surface area contributed by atoms with Gasteiger partial charge in [-0.15, -0.1) is 11.3 Å². The first kappa shape index (κ1) is 14.9. The van der Waals surface area contributed by atoms with E-state index in [1.807, 2.05) is 0 Å². The molecule has 5 rings (SSSR count). The van der Waals surface area contributed by atoms with Gasteiger partial charge in [0.1, 0.15) is 0 Å². The topological polar surface area (TPSA) is 29.1 Å². The lowest BCUT2D eigenvalue weighted by molar-refractivity contribution is -0.116. The van der Waals surface area contributed by atoms with E-state index in [-0.39, 0.29) is 5.92 Å². The van der Waals surface area contributed by atoms with Crippen LogP contribution < -0.4 is 5.32 Å². The van der Waals surface area contributed by atoms with Gasteiger partial charge in [-0.25, -0.2) is 0 Å². The smallest absolute Gasteiger partial charge is 0.161 e. The largest absolute Gasteiger partial charge is 0.358 e. The van der Waals surface area contributed by atoms with Crippen LogP contribution in [0.25, 0.3) is 10.8 Å². The second kappa shape index (κ2) is 5.57. The zero-order valence-corrected chi connectivity index (χ0v) is 15.0. The van der Waals surface area contributed by atoms with Gasteiger partial charge in [0.2, 0.25) is 0 Å². The molecule has 2 heterocycles. The lowest BCUT2D eigenvalue weighted by atomic mass is 9.76. The third-order valence-corrected chi connectivity index (χ3v) is 6.54. The van der Waals surface area contributed by atoms with E-state index >= 15 is 0 Å². The van der Waals surface area contributed by atoms with Crippen LogP contribution in [0.5, 0.6) is 0 Å². The molecule has 124 valence electrons. The Balaban J connectivity index is 1.86. The molecule has 0 radical (unpaired) electrons. The molecule has 1 aliphatic heterocycles. The molecule has 0 unspecified atom stereocenters. The van der Waals surface area contributed by atoms with Crippen molar-refractivity contribution in [3.8, 4) is 0 Å². The Morgan fingerprint density at radius 3 is 2.80 bits per heavy atom. The maximum atomic E-state index is 12.9. The fourth-order valence-electron chi connectivity index (χ4n) is 4.29. The number of carbonyl (C=O) groups excluding carboxylic acids is 1. The second-order valence-electron chi connectivity index (χ2n) is 6.94. The summed E-state index contributed by atoms with van der Waals surface area (Å²) in [4.78, 5) is 14.2. The summed E-state index contributed by atoms with van der Waals surface area (Å²) in [6, 6.07) is 15.0. The van der Waals surface area contributed by atoms with Gasteiger partial charge in [0, 0.05) is 28.3 Å². The third kappa shape index (κ3) is 2.19. The van der Waals surface area contributed by atoms with Crippen LogP contribution >= 0.6 is 11.3 Å². The maximum Gasteiger partial charge on any atom is 0.161 e. The summed E-state index contributed by atoms with van der Waals surface area (Å²) in [5.41, 5.74) is 5.83. The fourth-order valence-corrected chi connectivity index (χ4v) is 5.34. The molecular formula is C22H19NOS. The number of allylic oxidation sites excluding steroid dienone is 2. The van der Waals surface area contributed by atoms with Crippen molar-refractivity contribution in [3.63, 3.8) is 0 Å². The molecule has 25 heavy (non-hydrogen) atoms. The van der Waals surface area contributed by atoms with Crippen LogP contribution in [0.15, 0.2) is 59.1 Å². The van der Waals surface area contributed by atoms with Crippen LogP contribution in [0.3, 0.4) is 0 Å². The van der Waals surface area contributed by atoms with Crippen molar-refractivity contribution in [1.29, 1.82) is 0 Å². The van der Waals surface area contributed by atoms with Crippen LogP contribution in [0.1, 0.15) is 41.2 Å². The lowest BCUT2D eigenvalue weighted by Gasteiger charge is -2.34. The Labute approximate surface area is 151 Å². The monoisotopic (exact) mass is 345 g/mol. The minimum Gasteiger partial charge on any atom is -0.358 e. The van der Waals surface area contributed by atoms with E-state index in [4.69, 9.17) is 0 Å². The molecule has 2 aromatic carbocycles. The summed E-state index contributed by atoms with van der Waals surface area (Å²) in [6.07, 6.45) is 2.58. The van der Waals surface area contributed by atoms with Gasteiger partial charge in [-0.2, -0.15) is 0 Å². The number of thiophene rings is 1. The molecule has 1 aromatic heterocycles. The highest BCUT2D eigenvalue weighted by molar-refractivity contribution is 7.10. The van der Waals surface area contributed by atoms with Crippen LogP contribution in [0.2, 0.25) is 0 Å². The van der Waals surface area contributed by atoms with E-state index in [2.05, 4.69) is 60.1 Å². The molecule has 1 N–H and O–H groups in total. The average molecular weight is 345 g/mol. The highest BCUT2D eigenvalue weighted by Gasteiger charge is 2.37. The summed E-state index contributed by atoms with van der Waals surface area (Å²) in [6.45, 7) is 2.16. The number of benzene rings is 2. The Morgan fingerprint density at radius 1 is 1.08 bits per heavy atom. The number of hydrogen-bond donors (Lipinski definition) is 1. The van der Waals surface area contributed by atoms with Gasteiger partial charge in [-0.3, -0.25) is 4.79 Å². The van der Waals surface area contributed by atoms with Crippen molar-refractivity contribution in [2.45, 2.75) is 32.1 Å². The van der Waals surface area contributed by atoms with Gasteiger partial charge >= 0.3 is 0 Å². The number of fused-ring (bicyclic) bond motifs is 3.